The van der Waals surface area contributed by atoms with Crippen LogP contribution in [0.2, 0.25) is 0 Å². The van der Waals surface area contributed by atoms with Gasteiger partial charge in [0.1, 0.15) is 5.75 Å². The van der Waals surface area contributed by atoms with Crippen molar-refractivity contribution >= 4 is 29.9 Å². The summed E-state index contributed by atoms with van der Waals surface area (Å²) in [6.07, 6.45) is 5.03. The van der Waals surface area contributed by atoms with Gasteiger partial charge >= 0.3 is 0 Å². The number of halogens is 1. The molecule has 1 saturated carbocycles. The third-order valence-electron chi connectivity index (χ3n) is 6.44. The fraction of sp³-hybridized carbons (Fsp3) is 0.480. The number of hydrogen-bond acceptors (Lipinski definition) is 3. The summed E-state index contributed by atoms with van der Waals surface area (Å²) < 4.78 is 5.58. The molecule has 0 atom stereocenters. The molecule has 168 valence electrons. The molecular weight excluding hydrogens is 499 g/mol. The summed E-state index contributed by atoms with van der Waals surface area (Å²) in [4.78, 5) is 6.95. The van der Waals surface area contributed by atoms with Gasteiger partial charge in [0.15, 0.2) is 5.96 Å². The van der Waals surface area contributed by atoms with Crippen molar-refractivity contribution < 1.29 is 4.74 Å². The standard InChI is InChI=1S/C25H34N4O.HI/c1-26-24(28-19-25(13-14-25)22-7-3-4-8-23(22)30-2)27-17-20-9-11-21(12-10-20)18-29-15-5-6-16-29;/h3-4,7-12H,5-6,13-19H2,1-2H3,(H2,26,27,28);1H. The number of nitrogens with zero attached hydrogens (tertiary/aromatic N) is 2. The minimum Gasteiger partial charge on any atom is -0.496 e. The minimum absolute atomic E-state index is 0. The highest BCUT2D eigenvalue weighted by atomic mass is 127. The molecule has 5 nitrogen and oxygen atoms in total. The number of rotatable bonds is 8. The van der Waals surface area contributed by atoms with Gasteiger partial charge in [-0.1, -0.05) is 42.5 Å². The van der Waals surface area contributed by atoms with Crippen LogP contribution in [0.3, 0.4) is 0 Å². The first kappa shape index (κ1) is 23.9. The molecule has 6 heteroatoms. The van der Waals surface area contributed by atoms with Gasteiger partial charge in [-0.15, -0.1) is 24.0 Å². The quantitative estimate of drug-likeness (QED) is 0.301. The van der Waals surface area contributed by atoms with Gasteiger partial charge in [-0.05, 0) is 56.0 Å². The van der Waals surface area contributed by atoms with Crippen molar-refractivity contribution in [1.29, 1.82) is 0 Å². The van der Waals surface area contributed by atoms with Crippen molar-refractivity contribution in [1.82, 2.24) is 15.5 Å². The zero-order valence-corrected chi connectivity index (χ0v) is 21.0. The number of guanidine groups is 1. The Labute approximate surface area is 203 Å². The van der Waals surface area contributed by atoms with Gasteiger partial charge in [0.25, 0.3) is 0 Å². The lowest BCUT2D eigenvalue weighted by atomic mass is 9.95. The van der Waals surface area contributed by atoms with Crippen molar-refractivity contribution in [3.63, 3.8) is 0 Å². The number of aliphatic imine (C=N–C) groups is 1. The van der Waals surface area contributed by atoms with Crippen LogP contribution >= 0.6 is 24.0 Å². The van der Waals surface area contributed by atoms with Crippen LogP contribution < -0.4 is 15.4 Å². The molecule has 2 aromatic carbocycles. The molecule has 0 amide bonds. The van der Waals surface area contributed by atoms with Crippen molar-refractivity contribution in [2.24, 2.45) is 4.99 Å². The number of hydrogen-bond donors (Lipinski definition) is 2. The SMILES string of the molecule is CN=C(NCc1ccc(CN2CCCC2)cc1)NCC1(c2ccccc2OC)CC1.I. The molecular formula is C25H35IN4O. The van der Waals surface area contributed by atoms with Gasteiger partial charge in [0.2, 0.25) is 0 Å². The van der Waals surface area contributed by atoms with E-state index in [9.17, 15) is 0 Å². The summed E-state index contributed by atoms with van der Waals surface area (Å²) in [5, 5.41) is 6.98. The van der Waals surface area contributed by atoms with E-state index in [0.717, 1.165) is 31.3 Å². The first-order valence-corrected chi connectivity index (χ1v) is 11.1. The topological polar surface area (TPSA) is 48.9 Å². The van der Waals surface area contributed by atoms with Crippen LogP contribution in [0.1, 0.15) is 42.4 Å². The van der Waals surface area contributed by atoms with Crippen LogP contribution in [-0.4, -0.2) is 44.7 Å². The fourth-order valence-corrected chi connectivity index (χ4v) is 4.40. The zero-order chi connectivity index (χ0) is 20.8. The van der Waals surface area contributed by atoms with Gasteiger partial charge in [0, 0.05) is 37.7 Å². The largest absolute Gasteiger partial charge is 0.496 e. The summed E-state index contributed by atoms with van der Waals surface area (Å²) in [5.41, 5.74) is 4.12. The molecule has 1 heterocycles. The summed E-state index contributed by atoms with van der Waals surface area (Å²) in [5.74, 6) is 1.83. The van der Waals surface area contributed by atoms with E-state index in [1.165, 1.54) is 55.5 Å². The normalized spacial score (nSPS) is 17.7. The van der Waals surface area contributed by atoms with Crippen LogP contribution in [0, 0.1) is 0 Å². The average molecular weight is 534 g/mol. The lowest BCUT2D eigenvalue weighted by Crippen LogP contribution is -2.41. The van der Waals surface area contributed by atoms with Crippen LogP contribution in [-0.2, 0) is 18.5 Å². The minimum atomic E-state index is 0. The maximum atomic E-state index is 5.58. The van der Waals surface area contributed by atoms with Crippen molar-refractivity contribution in [2.75, 3.05) is 33.8 Å². The number of para-hydroxylation sites is 1. The number of likely N-dealkylation sites (tertiary alicyclic amines) is 1. The predicted molar refractivity (Wildman–Crippen MR) is 138 cm³/mol. The molecule has 31 heavy (non-hydrogen) atoms. The van der Waals surface area contributed by atoms with Crippen LogP contribution in [0.15, 0.2) is 53.5 Å². The Morgan fingerprint density at radius 3 is 2.32 bits per heavy atom. The number of nitrogens with one attached hydrogen (secondary N) is 2. The summed E-state index contributed by atoms with van der Waals surface area (Å²) in [6, 6.07) is 17.3. The molecule has 2 N–H and O–H groups in total. The molecule has 2 aromatic rings. The molecule has 0 radical (unpaired) electrons. The van der Waals surface area contributed by atoms with Crippen molar-refractivity contribution in [3.8, 4) is 5.75 Å². The molecule has 1 aliphatic carbocycles. The average Bonchev–Trinajstić information content (AvgIpc) is 3.41. The van der Waals surface area contributed by atoms with E-state index < -0.39 is 0 Å². The molecule has 4 rings (SSSR count). The Morgan fingerprint density at radius 1 is 1.00 bits per heavy atom. The predicted octanol–water partition coefficient (Wildman–Crippen LogP) is 4.31. The Kier molecular flexibility index (Phi) is 8.60. The summed E-state index contributed by atoms with van der Waals surface area (Å²) in [6.45, 7) is 5.18. The third kappa shape index (κ3) is 6.13. The Balaban J connectivity index is 0.00000272. The molecule has 0 unspecified atom stereocenters. The van der Waals surface area contributed by atoms with E-state index in [1.807, 2.05) is 13.1 Å². The number of ether oxygens (including phenoxy) is 1. The first-order valence-electron chi connectivity index (χ1n) is 11.1. The number of methoxy groups -OCH3 is 1. The van der Waals surface area contributed by atoms with E-state index in [2.05, 4.69) is 63.0 Å². The molecule has 1 saturated heterocycles. The monoisotopic (exact) mass is 534 g/mol. The van der Waals surface area contributed by atoms with E-state index in [-0.39, 0.29) is 29.4 Å². The van der Waals surface area contributed by atoms with Gasteiger partial charge in [0.05, 0.1) is 7.11 Å². The molecule has 2 fully saturated rings. The lowest BCUT2D eigenvalue weighted by molar-refractivity contribution is 0.331. The van der Waals surface area contributed by atoms with Crippen LogP contribution in [0.4, 0.5) is 0 Å². The highest BCUT2D eigenvalue weighted by Gasteiger charge is 2.46. The number of benzene rings is 2. The van der Waals surface area contributed by atoms with Gasteiger partial charge in [-0.25, -0.2) is 0 Å². The second-order valence-electron chi connectivity index (χ2n) is 8.56. The van der Waals surface area contributed by atoms with E-state index in [1.54, 1.807) is 7.11 Å². The molecule has 0 spiro atoms. The van der Waals surface area contributed by atoms with Crippen LogP contribution in [0.5, 0.6) is 5.75 Å². The maximum absolute atomic E-state index is 5.58. The Morgan fingerprint density at radius 2 is 1.68 bits per heavy atom. The molecule has 2 aliphatic rings. The van der Waals surface area contributed by atoms with Gasteiger partial charge in [-0.2, -0.15) is 0 Å². The highest BCUT2D eigenvalue weighted by Crippen LogP contribution is 2.50. The lowest BCUT2D eigenvalue weighted by Gasteiger charge is -2.21. The highest BCUT2D eigenvalue weighted by molar-refractivity contribution is 14.0. The smallest absolute Gasteiger partial charge is 0.191 e. The Bertz CT molecular complexity index is 858. The Hall–Kier alpha value is -1.80. The van der Waals surface area contributed by atoms with Crippen molar-refractivity contribution in [3.05, 3.63) is 65.2 Å². The zero-order valence-electron chi connectivity index (χ0n) is 18.7. The second-order valence-corrected chi connectivity index (χ2v) is 8.56. The fourth-order valence-electron chi connectivity index (χ4n) is 4.40. The summed E-state index contributed by atoms with van der Waals surface area (Å²) >= 11 is 0. The van der Waals surface area contributed by atoms with Crippen molar-refractivity contribution in [2.45, 2.75) is 44.2 Å². The summed E-state index contributed by atoms with van der Waals surface area (Å²) in [7, 11) is 3.58. The van der Waals surface area contributed by atoms with E-state index in [0.29, 0.717) is 0 Å². The molecule has 0 aromatic heterocycles. The first-order chi connectivity index (χ1) is 14.7. The van der Waals surface area contributed by atoms with Gasteiger partial charge in [-0.3, -0.25) is 9.89 Å². The maximum Gasteiger partial charge on any atom is 0.191 e. The molecule has 1 aliphatic heterocycles. The van der Waals surface area contributed by atoms with Gasteiger partial charge < -0.3 is 15.4 Å². The third-order valence-corrected chi connectivity index (χ3v) is 6.44. The second kappa shape index (κ2) is 11.2. The van der Waals surface area contributed by atoms with Crippen LogP contribution in [0.25, 0.3) is 0 Å². The van der Waals surface area contributed by atoms with E-state index >= 15 is 0 Å². The molecule has 0 bridgehead atoms. The van der Waals surface area contributed by atoms with E-state index in [4.69, 9.17) is 4.74 Å².